The predicted molar refractivity (Wildman–Crippen MR) is 74.1 cm³/mol. The lowest BCUT2D eigenvalue weighted by molar-refractivity contribution is -0.127. The Hall–Kier alpha value is -2.12. The first-order chi connectivity index (χ1) is 8.81. The van der Waals surface area contributed by atoms with Crippen LogP contribution in [0.5, 0.6) is 0 Å². The molecule has 0 aromatic heterocycles. The van der Waals surface area contributed by atoms with E-state index < -0.39 is 5.60 Å². The molecule has 0 spiro atoms. The van der Waals surface area contributed by atoms with Gasteiger partial charge < -0.3 is 10.0 Å². The zero-order valence-corrected chi connectivity index (χ0v) is 11.4. The number of hydrogen-bond donors (Lipinski definition) is 1. The van der Waals surface area contributed by atoms with E-state index in [1.807, 2.05) is 12.1 Å². The highest BCUT2D eigenvalue weighted by Crippen LogP contribution is 2.07. The second-order valence-corrected chi connectivity index (χ2v) is 5.08. The summed E-state index contributed by atoms with van der Waals surface area (Å²) >= 11 is 0. The van der Waals surface area contributed by atoms with Crippen LogP contribution in [-0.2, 0) is 4.79 Å². The molecular weight excluding hydrogens is 240 g/mol. The molecule has 0 aliphatic carbocycles. The molecular formula is C15H18N2O2. The highest BCUT2D eigenvalue weighted by atomic mass is 16.3. The predicted octanol–water partition coefficient (Wildman–Crippen LogP) is 1.80. The van der Waals surface area contributed by atoms with Gasteiger partial charge in [0.1, 0.15) is 0 Å². The van der Waals surface area contributed by atoms with Crippen LogP contribution in [0.1, 0.15) is 25.0 Å². The number of carbonyl (C=O) groups excluding carboxylic acids is 1. The molecule has 100 valence electrons. The number of carbonyl (C=O) groups is 1. The van der Waals surface area contributed by atoms with Crippen molar-refractivity contribution in [3.8, 4) is 6.07 Å². The normalized spacial score (nSPS) is 11.3. The first-order valence-corrected chi connectivity index (χ1v) is 5.97. The topological polar surface area (TPSA) is 64.3 Å². The SMILES string of the molecule is CN(CC(C)(C)O)C(=O)C=Cc1cccc(C#N)c1. The van der Waals surface area contributed by atoms with Crippen LogP contribution in [-0.4, -0.2) is 35.1 Å². The standard InChI is InChI=1S/C15H18N2O2/c1-15(2,19)11-17(3)14(18)8-7-12-5-4-6-13(9-12)10-16/h4-9,19H,11H2,1-3H3. The summed E-state index contributed by atoms with van der Waals surface area (Å²) < 4.78 is 0. The van der Waals surface area contributed by atoms with Crippen LogP contribution < -0.4 is 0 Å². The molecule has 0 unspecified atom stereocenters. The van der Waals surface area contributed by atoms with Gasteiger partial charge in [0.05, 0.1) is 17.2 Å². The monoisotopic (exact) mass is 258 g/mol. The van der Waals surface area contributed by atoms with Gasteiger partial charge in [0.25, 0.3) is 0 Å². The molecule has 1 rings (SSSR count). The van der Waals surface area contributed by atoms with Crippen molar-refractivity contribution in [3.05, 3.63) is 41.5 Å². The Morgan fingerprint density at radius 2 is 2.21 bits per heavy atom. The summed E-state index contributed by atoms with van der Waals surface area (Å²) in [6.45, 7) is 3.56. The first-order valence-electron chi connectivity index (χ1n) is 5.97. The third-order valence-electron chi connectivity index (χ3n) is 2.43. The number of nitrogens with zero attached hydrogens (tertiary/aromatic N) is 2. The molecule has 1 amide bonds. The van der Waals surface area contributed by atoms with E-state index in [1.165, 1.54) is 11.0 Å². The molecule has 0 heterocycles. The fraction of sp³-hybridized carbons (Fsp3) is 0.333. The van der Waals surface area contributed by atoms with E-state index in [-0.39, 0.29) is 12.5 Å². The zero-order chi connectivity index (χ0) is 14.5. The van der Waals surface area contributed by atoms with Gasteiger partial charge in [-0.1, -0.05) is 12.1 Å². The van der Waals surface area contributed by atoms with Crippen molar-refractivity contribution in [1.29, 1.82) is 5.26 Å². The summed E-state index contributed by atoms with van der Waals surface area (Å²) in [5.74, 6) is -0.190. The fourth-order valence-electron chi connectivity index (χ4n) is 1.66. The number of benzene rings is 1. The van der Waals surface area contributed by atoms with Crippen molar-refractivity contribution in [2.24, 2.45) is 0 Å². The summed E-state index contributed by atoms with van der Waals surface area (Å²) in [6, 6.07) is 9.05. The molecule has 19 heavy (non-hydrogen) atoms. The largest absolute Gasteiger partial charge is 0.389 e. The molecule has 1 N–H and O–H groups in total. The van der Waals surface area contributed by atoms with Crippen LogP contribution in [0.4, 0.5) is 0 Å². The maximum atomic E-state index is 11.8. The molecule has 4 heteroatoms. The van der Waals surface area contributed by atoms with Crippen LogP contribution in [0.3, 0.4) is 0 Å². The third kappa shape index (κ3) is 5.36. The summed E-state index contributed by atoms with van der Waals surface area (Å²) in [5.41, 5.74) is 0.433. The van der Waals surface area contributed by atoms with E-state index in [1.54, 1.807) is 45.2 Å². The fourth-order valence-corrected chi connectivity index (χ4v) is 1.66. The van der Waals surface area contributed by atoms with Crippen LogP contribution in [0, 0.1) is 11.3 Å². The second-order valence-electron chi connectivity index (χ2n) is 5.08. The van der Waals surface area contributed by atoms with Crippen molar-refractivity contribution < 1.29 is 9.90 Å². The number of aliphatic hydroxyl groups is 1. The van der Waals surface area contributed by atoms with E-state index in [0.717, 1.165) is 5.56 Å². The van der Waals surface area contributed by atoms with Gasteiger partial charge in [-0.2, -0.15) is 5.26 Å². The molecule has 0 fully saturated rings. The molecule has 0 aliphatic rings. The summed E-state index contributed by atoms with van der Waals surface area (Å²) in [7, 11) is 1.64. The number of rotatable bonds is 4. The van der Waals surface area contributed by atoms with Gasteiger partial charge in [-0.05, 0) is 37.6 Å². The van der Waals surface area contributed by atoms with E-state index in [2.05, 4.69) is 0 Å². The lowest BCUT2D eigenvalue weighted by Crippen LogP contribution is -2.38. The number of likely N-dealkylation sites (N-methyl/N-ethyl adjacent to an activating group) is 1. The number of nitriles is 1. The van der Waals surface area contributed by atoms with Gasteiger partial charge in [-0.3, -0.25) is 4.79 Å². The van der Waals surface area contributed by atoms with E-state index >= 15 is 0 Å². The average molecular weight is 258 g/mol. The molecule has 0 saturated heterocycles. The lowest BCUT2D eigenvalue weighted by atomic mass is 10.1. The maximum Gasteiger partial charge on any atom is 0.246 e. The van der Waals surface area contributed by atoms with E-state index in [4.69, 9.17) is 5.26 Å². The molecule has 0 bridgehead atoms. The Labute approximate surface area is 113 Å². The molecule has 1 aromatic rings. The first kappa shape index (κ1) is 14.9. The Kier molecular flexibility index (Phi) is 4.85. The van der Waals surface area contributed by atoms with Gasteiger partial charge in [-0.15, -0.1) is 0 Å². The lowest BCUT2D eigenvalue weighted by Gasteiger charge is -2.24. The number of hydrogen-bond acceptors (Lipinski definition) is 3. The zero-order valence-electron chi connectivity index (χ0n) is 11.4. The molecule has 0 aliphatic heterocycles. The minimum atomic E-state index is -0.918. The van der Waals surface area contributed by atoms with Gasteiger partial charge >= 0.3 is 0 Å². The molecule has 0 radical (unpaired) electrons. The van der Waals surface area contributed by atoms with E-state index in [9.17, 15) is 9.90 Å². The van der Waals surface area contributed by atoms with Crippen LogP contribution in [0.15, 0.2) is 30.3 Å². The molecule has 0 atom stereocenters. The summed E-state index contributed by atoms with van der Waals surface area (Å²) in [6.07, 6.45) is 3.09. The van der Waals surface area contributed by atoms with Crippen LogP contribution in [0.2, 0.25) is 0 Å². The quantitative estimate of drug-likeness (QED) is 0.837. The van der Waals surface area contributed by atoms with Gasteiger partial charge in [0.15, 0.2) is 0 Å². The summed E-state index contributed by atoms with van der Waals surface area (Å²) in [4.78, 5) is 13.3. The average Bonchev–Trinajstić information content (AvgIpc) is 2.34. The van der Waals surface area contributed by atoms with Crippen molar-refractivity contribution in [2.45, 2.75) is 19.4 Å². The molecule has 4 nitrogen and oxygen atoms in total. The molecule has 1 aromatic carbocycles. The second kappa shape index (κ2) is 6.17. The summed E-state index contributed by atoms with van der Waals surface area (Å²) in [5, 5.41) is 18.4. The maximum absolute atomic E-state index is 11.8. The Balaban J connectivity index is 2.71. The Morgan fingerprint density at radius 1 is 1.53 bits per heavy atom. The number of amides is 1. The molecule has 0 saturated carbocycles. The van der Waals surface area contributed by atoms with Crippen molar-refractivity contribution >= 4 is 12.0 Å². The van der Waals surface area contributed by atoms with Gasteiger partial charge in [-0.25, -0.2) is 0 Å². The van der Waals surface area contributed by atoms with Crippen LogP contribution in [0.25, 0.3) is 6.08 Å². The minimum Gasteiger partial charge on any atom is -0.389 e. The Bertz CT molecular complexity index is 522. The van der Waals surface area contributed by atoms with Gasteiger partial charge in [0.2, 0.25) is 5.91 Å². The smallest absolute Gasteiger partial charge is 0.246 e. The van der Waals surface area contributed by atoms with Crippen molar-refractivity contribution in [2.75, 3.05) is 13.6 Å². The Morgan fingerprint density at radius 3 is 2.79 bits per heavy atom. The highest BCUT2D eigenvalue weighted by molar-refractivity contribution is 5.91. The van der Waals surface area contributed by atoms with Crippen molar-refractivity contribution in [1.82, 2.24) is 4.90 Å². The third-order valence-corrected chi connectivity index (χ3v) is 2.43. The van der Waals surface area contributed by atoms with E-state index in [0.29, 0.717) is 5.56 Å². The highest BCUT2D eigenvalue weighted by Gasteiger charge is 2.17. The van der Waals surface area contributed by atoms with Crippen LogP contribution >= 0.6 is 0 Å². The van der Waals surface area contributed by atoms with Crippen molar-refractivity contribution in [3.63, 3.8) is 0 Å². The van der Waals surface area contributed by atoms with Gasteiger partial charge in [0, 0.05) is 19.7 Å². The minimum absolute atomic E-state index is 0.190.